The third kappa shape index (κ3) is 5.03. The van der Waals surface area contributed by atoms with E-state index in [9.17, 15) is 0 Å². The zero-order valence-corrected chi connectivity index (χ0v) is 31.6. The van der Waals surface area contributed by atoms with Crippen LogP contribution in [0.3, 0.4) is 0 Å². The Morgan fingerprint density at radius 1 is 0.298 bits per heavy atom. The Morgan fingerprint density at radius 3 is 1.67 bits per heavy atom. The monoisotopic (exact) mass is 740 g/mol. The molecule has 3 heterocycles. The van der Waals surface area contributed by atoms with E-state index in [-0.39, 0.29) is 0 Å². The third-order valence-electron chi connectivity index (χ3n) is 11.6. The highest BCUT2D eigenvalue weighted by molar-refractivity contribution is 7.26. The number of aromatic nitrogens is 2. The molecule has 264 valence electrons. The maximum absolute atomic E-state index is 5.44. The number of fused-ring (bicyclic) bond motifs is 12. The van der Waals surface area contributed by atoms with Crippen molar-refractivity contribution < 1.29 is 0 Å². The molecule has 0 saturated heterocycles. The van der Waals surface area contributed by atoms with Gasteiger partial charge in [-0.2, -0.15) is 0 Å². The van der Waals surface area contributed by atoms with Gasteiger partial charge >= 0.3 is 0 Å². The van der Waals surface area contributed by atoms with Gasteiger partial charge in [0.2, 0.25) is 0 Å². The number of thiophene rings is 1. The predicted octanol–water partition coefficient (Wildman–Crippen LogP) is 15.3. The highest BCUT2D eigenvalue weighted by atomic mass is 32.1. The molecule has 57 heavy (non-hydrogen) atoms. The molecule has 0 aliphatic rings. The summed E-state index contributed by atoms with van der Waals surface area (Å²) in [4.78, 5) is 10.7. The summed E-state index contributed by atoms with van der Waals surface area (Å²) < 4.78 is 2.62. The van der Waals surface area contributed by atoms with Gasteiger partial charge in [-0.25, -0.2) is 9.97 Å². The number of hydrogen-bond donors (Lipinski definition) is 0. The third-order valence-corrected chi connectivity index (χ3v) is 12.8. The molecule has 0 unspecified atom stereocenters. The molecule has 0 aliphatic heterocycles. The molecule has 2 nitrogen and oxygen atoms in total. The van der Waals surface area contributed by atoms with Crippen LogP contribution in [-0.4, -0.2) is 9.97 Å². The lowest BCUT2D eigenvalue weighted by Crippen LogP contribution is -1.93. The lowest BCUT2D eigenvalue weighted by molar-refractivity contribution is 1.43. The Balaban J connectivity index is 1.09. The molecular weight excluding hydrogens is 709 g/mol. The summed E-state index contributed by atoms with van der Waals surface area (Å²) in [6.07, 6.45) is 0. The molecule has 0 spiro atoms. The number of rotatable bonds is 4. The molecule has 0 amide bonds. The number of pyridine rings is 2. The number of benzene rings is 9. The van der Waals surface area contributed by atoms with Gasteiger partial charge in [-0.1, -0.05) is 164 Å². The Bertz CT molecular complexity index is 3570. The fourth-order valence-corrected chi connectivity index (χ4v) is 10.3. The number of hydrogen-bond acceptors (Lipinski definition) is 3. The fraction of sp³-hybridized carbons (Fsp3) is 0. The van der Waals surface area contributed by atoms with E-state index in [0.29, 0.717) is 0 Å². The zero-order chi connectivity index (χ0) is 37.5. The van der Waals surface area contributed by atoms with Gasteiger partial charge in [0.25, 0.3) is 0 Å². The summed E-state index contributed by atoms with van der Waals surface area (Å²) in [5, 5.41) is 12.3. The second kappa shape index (κ2) is 12.7. The van der Waals surface area contributed by atoms with Gasteiger partial charge in [0.15, 0.2) is 0 Å². The Hall–Kier alpha value is -7.20. The lowest BCUT2D eigenvalue weighted by Gasteiger charge is -2.17. The van der Waals surface area contributed by atoms with Crippen molar-refractivity contribution in [2.75, 3.05) is 0 Å². The number of para-hydroxylation sites is 1. The van der Waals surface area contributed by atoms with Crippen LogP contribution in [0.15, 0.2) is 194 Å². The molecule has 12 rings (SSSR count). The van der Waals surface area contributed by atoms with Gasteiger partial charge in [-0.3, -0.25) is 0 Å². The van der Waals surface area contributed by atoms with Crippen LogP contribution in [0.5, 0.6) is 0 Å². The van der Waals surface area contributed by atoms with Gasteiger partial charge in [-0.15, -0.1) is 11.3 Å². The summed E-state index contributed by atoms with van der Waals surface area (Å²) >= 11 is 1.88. The SMILES string of the molecule is c1ccc(-c2nc3ccccc3c3c2cc(-c2cccc(-c4ccc5c(c4)nc(-c4ccccc4)c4ccc6c7ccccc7sc6c45)c2)c2ccccc23)cc1. The van der Waals surface area contributed by atoms with Crippen molar-refractivity contribution in [2.24, 2.45) is 0 Å². The minimum Gasteiger partial charge on any atom is -0.247 e. The van der Waals surface area contributed by atoms with E-state index in [4.69, 9.17) is 9.97 Å². The molecule has 0 fully saturated rings. The number of nitrogens with zero attached hydrogens (tertiary/aromatic N) is 2. The summed E-state index contributed by atoms with van der Waals surface area (Å²) in [6, 6.07) is 70.1. The van der Waals surface area contributed by atoms with E-state index in [2.05, 4.69) is 194 Å². The summed E-state index contributed by atoms with van der Waals surface area (Å²) in [6.45, 7) is 0. The molecule has 0 saturated carbocycles. The van der Waals surface area contributed by atoms with Crippen LogP contribution in [0.25, 0.3) is 119 Å². The highest BCUT2D eigenvalue weighted by Crippen LogP contribution is 2.45. The molecule has 0 atom stereocenters. The van der Waals surface area contributed by atoms with Crippen LogP contribution in [0.1, 0.15) is 0 Å². The average Bonchev–Trinajstić information content (AvgIpc) is 3.67. The van der Waals surface area contributed by atoms with Gasteiger partial charge < -0.3 is 0 Å². The summed E-state index contributed by atoms with van der Waals surface area (Å²) in [5.41, 5.74) is 10.9. The zero-order valence-electron chi connectivity index (χ0n) is 30.8. The Kier molecular flexibility index (Phi) is 7.13. The van der Waals surface area contributed by atoms with E-state index in [1.54, 1.807) is 0 Å². The van der Waals surface area contributed by atoms with Crippen LogP contribution < -0.4 is 0 Å². The van der Waals surface area contributed by atoms with Crippen LogP contribution >= 0.6 is 11.3 Å². The molecule has 0 radical (unpaired) electrons. The standard InChI is InChI=1S/C54H32N2S/c1-3-14-33(15-4-1)52-44-29-28-41-39-21-10-12-25-49(39)57-54(41)51(44)43-27-26-36(31-48(43)56-52)35-18-13-19-37(30-35)45-32-46-50(40-22-8-7-20-38(40)45)42-23-9-11-24-47(42)55-53(46)34-16-5-2-6-17-34/h1-32H. The van der Waals surface area contributed by atoms with Crippen molar-refractivity contribution in [2.45, 2.75) is 0 Å². The van der Waals surface area contributed by atoms with Gasteiger partial charge in [0.05, 0.1) is 22.4 Å². The summed E-state index contributed by atoms with van der Waals surface area (Å²) in [7, 11) is 0. The van der Waals surface area contributed by atoms with Crippen molar-refractivity contribution in [3.8, 4) is 44.8 Å². The fourth-order valence-electron chi connectivity index (χ4n) is 9.00. The lowest BCUT2D eigenvalue weighted by atomic mass is 9.89. The molecule has 3 heteroatoms. The first-order chi connectivity index (χ1) is 28.3. The maximum Gasteiger partial charge on any atom is 0.0788 e. The molecule has 12 aromatic rings. The maximum atomic E-state index is 5.44. The quantitative estimate of drug-likeness (QED) is 0.168. The van der Waals surface area contributed by atoms with Gasteiger partial charge in [0, 0.05) is 63.6 Å². The van der Waals surface area contributed by atoms with Gasteiger partial charge in [0.1, 0.15) is 0 Å². The second-order valence-corrected chi connectivity index (χ2v) is 15.9. The first-order valence-corrected chi connectivity index (χ1v) is 20.2. The molecular formula is C54H32N2S. The minimum absolute atomic E-state index is 0.996. The molecule has 0 N–H and O–H groups in total. The van der Waals surface area contributed by atoms with Crippen LogP contribution in [0.2, 0.25) is 0 Å². The van der Waals surface area contributed by atoms with Crippen molar-refractivity contribution in [1.82, 2.24) is 9.97 Å². The minimum atomic E-state index is 0.996. The van der Waals surface area contributed by atoms with E-state index >= 15 is 0 Å². The first-order valence-electron chi connectivity index (χ1n) is 19.4. The second-order valence-electron chi connectivity index (χ2n) is 14.8. The van der Waals surface area contributed by atoms with Crippen molar-refractivity contribution in [3.05, 3.63) is 194 Å². The van der Waals surface area contributed by atoms with E-state index in [0.717, 1.165) is 50.1 Å². The van der Waals surface area contributed by atoms with E-state index < -0.39 is 0 Å². The molecule has 0 bridgehead atoms. The Morgan fingerprint density at radius 2 is 0.860 bits per heavy atom. The average molecular weight is 741 g/mol. The van der Waals surface area contributed by atoms with Crippen molar-refractivity contribution in [1.29, 1.82) is 0 Å². The predicted molar refractivity (Wildman–Crippen MR) is 244 cm³/mol. The largest absolute Gasteiger partial charge is 0.247 e. The molecule has 0 aliphatic carbocycles. The van der Waals surface area contributed by atoms with E-state index in [1.165, 1.54) is 69.0 Å². The first kappa shape index (κ1) is 32.1. The summed E-state index contributed by atoms with van der Waals surface area (Å²) in [5.74, 6) is 0. The Labute approximate surface area is 333 Å². The topological polar surface area (TPSA) is 25.8 Å². The van der Waals surface area contributed by atoms with Crippen LogP contribution in [0, 0.1) is 0 Å². The van der Waals surface area contributed by atoms with E-state index in [1.807, 2.05) is 11.3 Å². The molecule has 9 aromatic carbocycles. The van der Waals surface area contributed by atoms with Gasteiger partial charge in [-0.05, 0) is 63.4 Å². The highest BCUT2D eigenvalue weighted by Gasteiger charge is 2.19. The van der Waals surface area contributed by atoms with Crippen molar-refractivity contribution >= 4 is 85.6 Å². The van der Waals surface area contributed by atoms with Crippen LogP contribution in [-0.2, 0) is 0 Å². The molecule has 3 aromatic heterocycles. The van der Waals surface area contributed by atoms with Crippen LogP contribution in [0.4, 0.5) is 0 Å². The smallest absolute Gasteiger partial charge is 0.0788 e. The normalized spacial score (nSPS) is 11.9. The van der Waals surface area contributed by atoms with Crippen molar-refractivity contribution in [3.63, 3.8) is 0 Å².